The van der Waals surface area contributed by atoms with Crippen LogP contribution in [0.1, 0.15) is 43.0 Å². The molecule has 33 heavy (non-hydrogen) atoms. The summed E-state index contributed by atoms with van der Waals surface area (Å²) in [5.74, 6) is -1.01. The second-order valence-electron chi connectivity index (χ2n) is 8.01. The Hall–Kier alpha value is -3.64. The molecule has 7 heteroatoms. The van der Waals surface area contributed by atoms with Crippen molar-refractivity contribution in [1.29, 1.82) is 0 Å². The summed E-state index contributed by atoms with van der Waals surface area (Å²) >= 11 is 6.28. The normalized spacial score (nSPS) is 16.3. The van der Waals surface area contributed by atoms with Crippen LogP contribution in [0.15, 0.2) is 72.4 Å². The summed E-state index contributed by atoms with van der Waals surface area (Å²) in [6.07, 6.45) is 4.33. The highest BCUT2D eigenvalue weighted by atomic mass is 35.5. The van der Waals surface area contributed by atoms with Crippen molar-refractivity contribution in [2.75, 3.05) is 4.90 Å². The summed E-state index contributed by atoms with van der Waals surface area (Å²) in [6.45, 7) is 4.69. The Morgan fingerprint density at radius 3 is 2.42 bits per heavy atom. The molecule has 3 aromatic rings. The van der Waals surface area contributed by atoms with Crippen molar-refractivity contribution in [3.63, 3.8) is 0 Å². The summed E-state index contributed by atoms with van der Waals surface area (Å²) in [4.78, 5) is 39.3. The summed E-state index contributed by atoms with van der Waals surface area (Å²) in [5, 5.41) is 2.91. The number of halogens is 1. The first-order chi connectivity index (χ1) is 15.9. The van der Waals surface area contributed by atoms with Gasteiger partial charge in [-0.15, -0.1) is 0 Å². The van der Waals surface area contributed by atoms with Gasteiger partial charge in [-0.1, -0.05) is 55.8 Å². The van der Waals surface area contributed by atoms with E-state index in [2.05, 4.69) is 19.2 Å². The van der Waals surface area contributed by atoms with Gasteiger partial charge in [0.15, 0.2) is 0 Å². The topological polar surface area (TPSA) is 71.4 Å². The van der Waals surface area contributed by atoms with Gasteiger partial charge in [0.05, 0.1) is 5.69 Å². The molecule has 4 rings (SSSR count). The third-order valence-electron chi connectivity index (χ3n) is 5.89. The van der Waals surface area contributed by atoms with Crippen LogP contribution in [0, 0.1) is 0 Å². The quantitative estimate of drug-likeness (QED) is 0.396. The molecule has 0 radical (unpaired) electrons. The van der Waals surface area contributed by atoms with E-state index in [4.69, 9.17) is 11.6 Å². The highest BCUT2D eigenvalue weighted by molar-refractivity contribution is 6.39. The molecule has 1 fully saturated rings. The standard InChI is InChI=1S/C26H24ClN3O3/c1-3-17(2)18-10-12-20(13-11-18)30-25(32)22(24(31)28-26(30)33)15-21-8-6-14-29(21)16-19-7-4-5-9-23(19)27/h4-15,17H,3,16H2,1-2H3,(H,28,31,33)/b22-15+/t17-/m1/s1. The van der Waals surface area contributed by atoms with E-state index >= 15 is 0 Å². The van der Waals surface area contributed by atoms with Crippen molar-refractivity contribution >= 4 is 41.2 Å². The second kappa shape index (κ2) is 9.46. The Labute approximate surface area is 197 Å². The summed E-state index contributed by atoms with van der Waals surface area (Å²) in [6, 6.07) is 17.6. The summed E-state index contributed by atoms with van der Waals surface area (Å²) in [5.41, 5.74) is 2.98. The van der Waals surface area contributed by atoms with E-state index in [-0.39, 0.29) is 5.57 Å². The third kappa shape index (κ3) is 4.61. The molecular weight excluding hydrogens is 438 g/mol. The molecule has 0 aliphatic carbocycles. The number of barbiturate groups is 1. The Morgan fingerprint density at radius 1 is 1.00 bits per heavy atom. The van der Waals surface area contributed by atoms with Gasteiger partial charge >= 0.3 is 6.03 Å². The van der Waals surface area contributed by atoms with Crippen LogP contribution in [0.2, 0.25) is 5.02 Å². The van der Waals surface area contributed by atoms with E-state index in [0.29, 0.717) is 28.9 Å². The van der Waals surface area contributed by atoms with Crippen LogP contribution in [-0.2, 0) is 16.1 Å². The molecule has 1 saturated heterocycles. The molecule has 0 unspecified atom stereocenters. The fraction of sp³-hybridized carbons (Fsp3) is 0.192. The first kappa shape index (κ1) is 22.6. The molecule has 6 nitrogen and oxygen atoms in total. The maximum Gasteiger partial charge on any atom is 0.335 e. The molecule has 2 heterocycles. The van der Waals surface area contributed by atoms with Gasteiger partial charge in [-0.3, -0.25) is 14.9 Å². The molecule has 1 atom stereocenters. The molecule has 1 aliphatic heterocycles. The summed E-state index contributed by atoms with van der Waals surface area (Å²) in [7, 11) is 0. The average molecular weight is 462 g/mol. The van der Waals surface area contributed by atoms with Gasteiger partial charge in [0.1, 0.15) is 5.57 Å². The molecule has 1 aliphatic rings. The van der Waals surface area contributed by atoms with Crippen molar-refractivity contribution in [3.8, 4) is 0 Å². The number of amides is 4. The lowest BCUT2D eigenvalue weighted by atomic mass is 9.98. The van der Waals surface area contributed by atoms with Gasteiger partial charge in [-0.05, 0) is 59.9 Å². The minimum Gasteiger partial charge on any atom is -0.343 e. The van der Waals surface area contributed by atoms with Gasteiger partial charge in [-0.2, -0.15) is 0 Å². The van der Waals surface area contributed by atoms with E-state index in [1.807, 2.05) is 53.2 Å². The monoisotopic (exact) mass is 461 g/mol. The van der Waals surface area contributed by atoms with Crippen molar-refractivity contribution < 1.29 is 14.4 Å². The maximum absolute atomic E-state index is 13.2. The zero-order chi connectivity index (χ0) is 23.5. The highest BCUT2D eigenvalue weighted by Crippen LogP contribution is 2.26. The number of urea groups is 1. The number of aromatic nitrogens is 1. The Bertz CT molecular complexity index is 1240. The van der Waals surface area contributed by atoms with Crippen LogP contribution in [0.25, 0.3) is 6.08 Å². The van der Waals surface area contributed by atoms with Crippen LogP contribution >= 0.6 is 11.6 Å². The minimum absolute atomic E-state index is 0.111. The lowest BCUT2D eigenvalue weighted by Crippen LogP contribution is -2.54. The Morgan fingerprint density at radius 2 is 1.73 bits per heavy atom. The molecule has 1 aromatic heterocycles. The first-order valence-electron chi connectivity index (χ1n) is 10.8. The molecule has 1 N–H and O–H groups in total. The Kier molecular flexibility index (Phi) is 6.47. The van der Waals surface area contributed by atoms with Crippen molar-refractivity contribution in [2.24, 2.45) is 0 Å². The molecule has 0 spiro atoms. The lowest BCUT2D eigenvalue weighted by Gasteiger charge is -2.26. The molecule has 168 valence electrons. The lowest BCUT2D eigenvalue weighted by molar-refractivity contribution is -0.122. The van der Waals surface area contributed by atoms with Crippen molar-refractivity contribution in [1.82, 2.24) is 9.88 Å². The smallest absolute Gasteiger partial charge is 0.335 e. The van der Waals surface area contributed by atoms with Crippen LogP contribution in [0.4, 0.5) is 10.5 Å². The predicted molar refractivity (Wildman–Crippen MR) is 129 cm³/mol. The number of carbonyl (C=O) groups is 3. The number of rotatable bonds is 6. The number of hydrogen-bond donors (Lipinski definition) is 1. The number of benzene rings is 2. The van der Waals surface area contributed by atoms with Crippen LogP contribution in [0.3, 0.4) is 0 Å². The molecule has 0 saturated carbocycles. The molecular formula is C26H24ClN3O3. The van der Waals surface area contributed by atoms with Crippen molar-refractivity contribution in [3.05, 3.63) is 94.3 Å². The van der Waals surface area contributed by atoms with E-state index in [0.717, 1.165) is 22.4 Å². The fourth-order valence-corrected chi connectivity index (χ4v) is 3.94. The predicted octanol–water partition coefficient (Wildman–Crippen LogP) is 5.37. The SMILES string of the molecule is CC[C@@H](C)c1ccc(N2C(=O)NC(=O)/C(=C\c3cccn3Cc3ccccc3Cl)C2=O)cc1. The molecule has 2 aromatic carbocycles. The number of hydrogen-bond acceptors (Lipinski definition) is 3. The van der Waals surface area contributed by atoms with Gasteiger partial charge in [0.25, 0.3) is 11.8 Å². The van der Waals surface area contributed by atoms with Gasteiger partial charge < -0.3 is 4.57 Å². The third-order valence-corrected chi connectivity index (χ3v) is 6.26. The number of carbonyl (C=O) groups excluding carboxylic acids is 3. The van der Waals surface area contributed by atoms with E-state index in [1.165, 1.54) is 6.08 Å². The zero-order valence-electron chi connectivity index (χ0n) is 18.4. The van der Waals surface area contributed by atoms with E-state index < -0.39 is 17.8 Å². The summed E-state index contributed by atoms with van der Waals surface area (Å²) < 4.78 is 1.89. The van der Waals surface area contributed by atoms with Crippen molar-refractivity contribution in [2.45, 2.75) is 32.7 Å². The second-order valence-corrected chi connectivity index (χ2v) is 8.42. The van der Waals surface area contributed by atoms with Crippen LogP contribution in [0.5, 0.6) is 0 Å². The maximum atomic E-state index is 13.2. The van der Waals surface area contributed by atoms with Crippen LogP contribution in [-0.4, -0.2) is 22.4 Å². The fourth-order valence-electron chi connectivity index (χ4n) is 3.74. The van der Waals surface area contributed by atoms with Crippen LogP contribution < -0.4 is 10.2 Å². The number of nitrogens with zero attached hydrogens (tertiary/aromatic N) is 2. The number of nitrogens with one attached hydrogen (secondary N) is 1. The average Bonchev–Trinajstić information content (AvgIpc) is 3.24. The van der Waals surface area contributed by atoms with Gasteiger partial charge in [0, 0.05) is 23.5 Å². The number of imide groups is 2. The Balaban J connectivity index is 1.64. The minimum atomic E-state index is -0.759. The molecule has 0 bridgehead atoms. The first-order valence-corrected chi connectivity index (χ1v) is 11.2. The molecule has 4 amide bonds. The van der Waals surface area contributed by atoms with Gasteiger partial charge in [-0.25, -0.2) is 9.69 Å². The largest absolute Gasteiger partial charge is 0.343 e. The van der Waals surface area contributed by atoms with Gasteiger partial charge in [0.2, 0.25) is 0 Å². The van der Waals surface area contributed by atoms with E-state index in [1.54, 1.807) is 18.2 Å². The van der Waals surface area contributed by atoms with E-state index in [9.17, 15) is 14.4 Å². The zero-order valence-corrected chi connectivity index (χ0v) is 19.2. The number of anilines is 1. The highest BCUT2D eigenvalue weighted by Gasteiger charge is 2.37.